The Hall–Kier alpha value is -0.810. The van der Waals surface area contributed by atoms with Crippen LogP contribution in [0.2, 0.25) is 10.0 Å². The van der Waals surface area contributed by atoms with Gasteiger partial charge in [0.2, 0.25) is 0 Å². The van der Waals surface area contributed by atoms with Crippen LogP contribution in [-0.2, 0) is 9.53 Å². The average molecular weight is 415 g/mol. The molecule has 2 aromatic carbocycles. The fourth-order valence-electron chi connectivity index (χ4n) is 2.11. The van der Waals surface area contributed by atoms with E-state index in [9.17, 15) is 4.79 Å². The monoisotopic (exact) mass is 414 g/mol. The van der Waals surface area contributed by atoms with E-state index in [0.29, 0.717) is 18.3 Å². The first kappa shape index (κ1) is 20.5. The summed E-state index contributed by atoms with van der Waals surface area (Å²) >= 11 is 15.4. The second-order valence-electron chi connectivity index (χ2n) is 5.30. The van der Waals surface area contributed by atoms with Gasteiger partial charge in [0.25, 0.3) is 0 Å². The Morgan fingerprint density at radius 3 is 2.12 bits per heavy atom. The summed E-state index contributed by atoms with van der Waals surface area (Å²) in [5.74, 6) is 0.759. The van der Waals surface area contributed by atoms with Crippen LogP contribution in [0.4, 0.5) is 0 Å². The summed E-state index contributed by atoms with van der Waals surface area (Å²) < 4.78 is 5.05. The third-order valence-electron chi connectivity index (χ3n) is 3.34. The van der Waals surface area contributed by atoms with Gasteiger partial charge >= 0.3 is 5.97 Å². The van der Waals surface area contributed by atoms with Gasteiger partial charge in [0, 0.05) is 37.3 Å². The maximum absolute atomic E-state index is 11.7. The number of ether oxygens (including phenoxy) is 1. The van der Waals surface area contributed by atoms with Gasteiger partial charge in [-0.25, -0.2) is 0 Å². The summed E-state index contributed by atoms with van der Waals surface area (Å²) in [5, 5.41) is 1.76. The van der Waals surface area contributed by atoms with Crippen LogP contribution >= 0.6 is 46.7 Å². The van der Waals surface area contributed by atoms with Crippen molar-refractivity contribution in [3.63, 3.8) is 0 Å². The van der Waals surface area contributed by atoms with Crippen molar-refractivity contribution < 1.29 is 9.53 Å². The van der Waals surface area contributed by atoms with Crippen molar-refractivity contribution in [3.05, 3.63) is 58.6 Å². The molecule has 0 aliphatic heterocycles. The Bertz CT molecular complexity index is 660. The number of esters is 1. The maximum atomic E-state index is 11.7. The average Bonchev–Trinajstić information content (AvgIpc) is 2.61. The highest BCUT2D eigenvalue weighted by Crippen LogP contribution is 2.32. The van der Waals surface area contributed by atoms with Gasteiger partial charge in [-0.1, -0.05) is 23.2 Å². The molecule has 0 fully saturated rings. The second kappa shape index (κ2) is 11.0. The molecule has 0 heterocycles. The van der Waals surface area contributed by atoms with Gasteiger partial charge in [0.1, 0.15) is 0 Å². The van der Waals surface area contributed by atoms with Crippen molar-refractivity contribution in [2.75, 3.05) is 12.4 Å². The van der Waals surface area contributed by atoms with E-state index in [1.807, 2.05) is 55.5 Å². The van der Waals surface area contributed by atoms with Crippen LogP contribution in [-0.4, -0.2) is 23.6 Å². The van der Waals surface area contributed by atoms with Crippen molar-refractivity contribution in [1.82, 2.24) is 0 Å². The van der Waals surface area contributed by atoms with E-state index in [0.717, 1.165) is 27.1 Å². The normalized spacial score (nSPS) is 12.0. The lowest BCUT2D eigenvalue weighted by atomic mass is 10.2. The molecule has 0 aromatic heterocycles. The van der Waals surface area contributed by atoms with Crippen molar-refractivity contribution in [1.29, 1.82) is 0 Å². The molecule has 0 spiro atoms. The Morgan fingerprint density at radius 1 is 1.00 bits per heavy atom. The lowest BCUT2D eigenvalue weighted by Crippen LogP contribution is -2.11. The van der Waals surface area contributed by atoms with Gasteiger partial charge in [0.15, 0.2) is 0 Å². The molecule has 6 heteroatoms. The smallest absolute Gasteiger partial charge is 0.305 e. The van der Waals surface area contributed by atoms with Crippen molar-refractivity contribution in [3.8, 4) is 0 Å². The molecule has 0 N–H and O–H groups in total. The van der Waals surface area contributed by atoms with Crippen LogP contribution < -0.4 is 0 Å². The van der Waals surface area contributed by atoms with Crippen molar-refractivity contribution >= 4 is 52.7 Å². The Labute approximate surface area is 167 Å². The largest absolute Gasteiger partial charge is 0.466 e. The molecule has 0 aliphatic carbocycles. The van der Waals surface area contributed by atoms with Crippen LogP contribution in [0.3, 0.4) is 0 Å². The minimum Gasteiger partial charge on any atom is -0.466 e. The summed E-state index contributed by atoms with van der Waals surface area (Å²) in [5.41, 5.74) is 0. The number of halogens is 2. The van der Waals surface area contributed by atoms with Crippen molar-refractivity contribution in [2.45, 2.75) is 34.8 Å². The van der Waals surface area contributed by atoms with E-state index >= 15 is 0 Å². The molecule has 25 heavy (non-hydrogen) atoms. The number of thioether (sulfide) groups is 2. The molecule has 134 valence electrons. The van der Waals surface area contributed by atoms with E-state index < -0.39 is 0 Å². The number of carbonyl (C=O) groups is 1. The summed E-state index contributed by atoms with van der Waals surface area (Å²) in [6.45, 7) is 2.25. The Kier molecular flexibility index (Phi) is 9.04. The molecule has 0 aliphatic rings. The quantitative estimate of drug-likeness (QED) is 0.341. The molecule has 2 nitrogen and oxygen atoms in total. The molecule has 0 saturated heterocycles. The van der Waals surface area contributed by atoms with E-state index in [1.165, 1.54) is 4.90 Å². The van der Waals surface area contributed by atoms with Crippen LogP contribution in [0.1, 0.15) is 19.8 Å². The molecule has 0 saturated carbocycles. The van der Waals surface area contributed by atoms with E-state index in [2.05, 4.69) is 0 Å². The van der Waals surface area contributed by atoms with E-state index in [4.69, 9.17) is 27.9 Å². The standard InChI is InChI=1S/C19H20Cl2O2S2/c1-2-23-19(22)12-11-18(25-17-9-5-15(21)6-10-17)13-24-16-7-3-14(20)4-8-16/h3-10,18H,2,11-13H2,1H3. The fourth-order valence-corrected chi connectivity index (χ4v) is 4.63. The fraction of sp³-hybridized carbons (Fsp3) is 0.316. The summed E-state index contributed by atoms with van der Waals surface area (Å²) in [7, 11) is 0. The number of hydrogen-bond donors (Lipinski definition) is 0. The first-order valence-corrected chi connectivity index (χ1v) is 10.6. The van der Waals surface area contributed by atoms with Crippen molar-refractivity contribution in [2.24, 2.45) is 0 Å². The third-order valence-corrected chi connectivity index (χ3v) is 6.51. The highest BCUT2D eigenvalue weighted by atomic mass is 35.5. The molecule has 2 rings (SSSR count). The predicted octanol–water partition coefficient (Wildman–Crippen LogP) is 6.59. The first-order chi connectivity index (χ1) is 12.1. The van der Waals surface area contributed by atoms with Gasteiger partial charge in [-0.15, -0.1) is 23.5 Å². The van der Waals surface area contributed by atoms with Gasteiger partial charge in [0.05, 0.1) is 6.61 Å². The predicted molar refractivity (Wildman–Crippen MR) is 109 cm³/mol. The third kappa shape index (κ3) is 7.95. The molecule has 0 bridgehead atoms. The number of benzene rings is 2. The van der Waals surface area contributed by atoms with E-state index in [1.54, 1.807) is 23.5 Å². The van der Waals surface area contributed by atoms with E-state index in [-0.39, 0.29) is 5.97 Å². The lowest BCUT2D eigenvalue weighted by Gasteiger charge is -2.16. The summed E-state index contributed by atoms with van der Waals surface area (Å²) in [6.07, 6.45) is 1.20. The van der Waals surface area contributed by atoms with Gasteiger partial charge < -0.3 is 4.74 Å². The zero-order valence-corrected chi connectivity index (χ0v) is 17.1. The molecular formula is C19H20Cl2O2S2. The van der Waals surface area contributed by atoms with Crippen LogP contribution in [0.5, 0.6) is 0 Å². The molecule has 0 radical (unpaired) electrons. The maximum Gasteiger partial charge on any atom is 0.305 e. The van der Waals surface area contributed by atoms with Crippen LogP contribution in [0.15, 0.2) is 58.3 Å². The number of hydrogen-bond acceptors (Lipinski definition) is 4. The highest BCUT2D eigenvalue weighted by molar-refractivity contribution is 8.03. The van der Waals surface area contributed by atoms with Gasteiger partial charge in [-0.2, -0.15) is 0 Å². The summed E-state index contributed by atoms with van der Waals surface area (Å²) in [6, 6.07) is 15.6. The zero-order valence-electron chi connectivity index (χ0n) is 13.9. The Balaban J connectivity index is 1.95. The SMILES string of the molecule is CCOC(=O)CCC(CSc1ccc(Cl)cc1)Sc1ccc(Cl)cc1. The molecular weight excluding hydrogens is 395 g/mol. The Morgan fingerprint density at radius 2 is 1.56 bits per heavy atom. The molecule has 1 atom stereocenters. The molecule has 2 aromatic rings. The van der Waals surface area contributed by atoms with Crippen LogP contribution in [0, 0.1) is 0 Å². The van der Waals surface area contributed by atoms with Gasteiger partial charge in [-0.05, 0) is 61.9 Å². The molecule has 0 amide bonds. The number of rotatable bonds is 9. The minimum atomic E-state index is -0.138. The minimum absolute atomic E-state index is 0.138. The lowest BCUT2D eigenvalue weighted by molar-refractivity contribution is -0.143. The van der Waals surface area contributed by atoms with Gasteiger partial charge in [-0.3, -0.25) is 4.79 Å². The second-order valence-corrected chi connectivity index (χ2v) is 8.64. The topological polar surface area (TPSA) is 26.3 Å². The zero-order chi connectivity index (χ0) is 18.1. The first-order valence-electron chi connectivity index (χ1n) is 8.03. The number of carbonyl (C=O) groups excluding carboxylic acids is 1. The van der Waals surface area contributed by atoms with Crippen LogP contribution in [0.25, 0.3) is 0 Å². The highest BCUT2D eigenvalue weighted by Gasteiger charge is 2.14. The summed E-state index contributed by atoms with van der Waals surface area (Å²) in [4.78, 5) is 14.0. The molecule has 1 unspecified atom stereocenters.